The Labute approximate surface area is 147 Å². The van der Waals surface area contributed by atoms with Gasteiger partial charge in [-0.1, -0.05) is 30.3 Å². The van der Waals surface area contributed by atoms with Gasteiger partial charge in [0.25, 0.3) is 0 Å². The maximum atomic E-state index is 4.61. The molecule has 6 heteroatoms. The van der Waals surface area contributed by atoms with Gasteiger partial charge in [0.2, 0.25) is 0 Å². The zero-order chi connectivity index (χ0) is 17.2. The largest absolute Gasteiger partial charge is 0.301 e. The van der Waals surface area contributed by atoms with Gasteiger partial charge in [0.1, 0.15) is 11.6 Å². The highest BCUT2D eigenvalue weighted by atomic mass is 15.4. The molecule has 1 aliphatic heterocycles. The van der Waals surface area contributed by atoms with E-state index in [0.29, 0.717) is 0 Å². The molecule has 4 rings (SSSR count). The number of hydrogen-bond acceptors (Lipinski definition) is 4. The van der Waals surface area contributed by atoms with Crippen molar-refractivity contribution in [2.45, 2.75) is 51.9 Å². The third kappa shape index (κ3) is 3.49. The summed E-state index contributed by atoms with van der Waals surface area (Å²) in [5.74, 6) is 1.92. The van der Waals surface area contributed by atoms with E-state index in [1.54, 1.807) is 0 Å². The summed E-state index contributed by atoms with van der Waals surface area (Å²) in [6.45, 7) is 5.91. The second-order valence-electron chi connectivity index (χ2n) is 6.78. The molecule has 0 spiro atoms. The fourth-order valence-corrected chi connectivity index (χ4v) is 3.48. The van der Waals surface area contributed by atoms with Crippen LogP contribution in [0.4, 0.5) is 0 Å². The number of nitrogens with zero attached hydrogens (tertiary/aromatic N) is 5. The second-order valence-corrected chi connectivity index (χ2v) is 6.78. The molecule has 6 nitrogen and oxygen atoms in total. The van der Waals surface area contributed by atoms with E-state index in [2.05, 4.69) is 57.9 Å². The molecule has 25 heavy (non-hydrogen) atoms. The van der Waals surface area contributed by atoms with Crippen LogP contribution in [0, 0.1) is 6.92 Å². The smallest absolute Gasteiger partial charge is 0.147 e. The number of nitrogens with one attached hydrogen (secondary N) is 1. The average molecular weight is 336 g/mol. The molecule has 1 N–H and O–H groups in total. The fourth-order valence-electron chi connectivity index (χ4n) is 3.48. The van der Waals surface area contributed by atoms with Crippen molar-refractivity contribution in [1.29, 1.82) is 0 Å². The molecule has 0 unspecified atom stereocenters. The Hall–Kier alpha value is -2.47. The van der Waals surface area contributed by atoms with E-state index in [1.807, 2.05) is 28.6 Å². The highest BCUT2D eigenvalue weighted by molar-refractivity contribution is 5.17. The van der Waals surface area contributed by atoms with Gasteiger partial charge in [-0.3, -0.25) is 4.68 Å². The summed E-state index contributed by atoms with van der Waals surface area (Å²) in [6, 6.07) is 10.9. The fraction of sp³-hybridized carbons (Fsp3) is 0.421. The van der Waals surface area contributed by atoms with Crippen molar-refractivity contribution in [2.75, 3.05) is 0 Å². The standard InChI is InChI=1S/C19H24N6/c1-14(21-18-9-6-10-25-19(18)22-15(2)23-25)17-11-20-24(13-17)12-16-7-4-3-5-8-16/h3-5,7-8,11,13-14,18,21H,6,9-10,12H2,1-2H3/t14-,18-/m1/s1. The van der Waals surface area contributed by atoms with E-state index in [9.17, 15) is 0 Å². The Morgan fingerprint density at radius 1 is 1.28 bits per heavy atom. The lowest BCUT2D eigenvalue weighted by Crippen LogP contribution is -2.30. The minimum absolute atomic E-state index is 0.220. The topological polar surface area (TPSA) is 60.6 Å². The van der Waals surface area contributed by atoms with Gasteiger partial charge < -0.3 is 5.32 Å². The Morgan fingerprint density at radius 3 is 2.96 bits per heavy atom. The Bertz CT molecular complexity index is 835. The minimum Gasteiger partial charge on any atom is -0.301 e. The van der Waals surface area contributed by atoms with Crippen molar-refractivity contribution in [2.24, 2.45) is 0 Å². The monoisotopic (exact) mass is 336 g/mol. The molecule has 0 radical (unpaired) electrons. The van der Waals surface area contributed by atoms with Crippen LogP contribution in [0.25, 0.3) is 0 Å². The Morgan fingerprint density at radius 2 is 2.12 bits per heavy atom. The first-order valence-electron chi connectivity index (χ1n) is 8.93. The summed E-state index contributed by atoms with van der Waals surface area (Å²) in [7, 11) is 0. The Balaban J connectivity index is 1.44. The molecular weight excluding hydrogens is 312 g/mol. The summed E-state index contributed by atoms with van der Waals surface area (Å²) in [4.78, 5) is 4.61. The van der Waals surface area contributed by atoms with E-state index < -0.39 is 0 Å². The molecule has 0 aliphatic carbocycles. The summed E-state index contributed by atoms with van der Waals surface area (Å²) >= 11 is 0. The molecule has 1 aliphatic rings. The molecule has 1 aromatic carbocycles. The van der Waals surface area contributed by atoms with Gasteiger partial charge in [-0.05, 0) is 32.3 Å². The number of aromatic nitrogens is 5. The molecule has 3 aromatic rings. The van der Waals surface area contributed by atoms with E-state index in [-0.39, 0.29) is 12.1 Å². The molecule has 130 valence electrons. The van der Waals surface area contributed by atoms with Gasteiger partial charge >= 0.3 is 0 Å². The average Bonchev–Trinajstić information content (AvgIpc) is 3.22. The van der Waals surface area contributed by atoms with Gasteiger partial charge in [-0.15, -0.1) is 0 Å². The zero-order valence-corrected chi connectivity index (χ0v) is 14.8. The third-order valence-electron chi connectivity index (χ3n) is 4.77. The number of hydrogen-bond donors (Lipinski definition) is 1. The van der Waals surface area contributed by atoms with Crippen molar-refractivity contribution < 1.29 is 0 Å². The minimum atomic E-state index is 0.220. The molecule has 0 saturated carbocycles. The molecular formula is C19H24N6. The summed E-state index contributed by atoms with van der Waals surface area (Å²) in [5.41, 5.74) is 2.46. The van der Waals surface area contributed by atoms with E-state index >= 15 is 0 Å². The lowest BCUT2D eigenvalue weighted by atomic mass is 10.0. The highest BCUT2D eigenvalue weighted by Crippen LogP contribution is 2.26. The molecule has 0 fully saturated rings. The van der Waals surface area contributed by atoms with Gasteiger partial charge in [0.15, 0.2) is 0 Å². The van der Waals surface area contributed by atoms with Crippen LogP contribution >= 0.6 is 0 Å². The van der Waals surface area contributed by atoms with Crippen LogP contribution in [0.2, 0.25) is 0 Å². The summed E-state index contributed by atoms with van der Waals surface area (Å²) in [5, 5.41) is 12.7. The normalized spacial score (nSPS) is 18.1. The Kier molecular flexibility index (Phi) is 4.36. The number of rotatable bonds is 5. The van der Waals surface area contributed by atoms with Crippen LogP contribution in [-0.4, -0.2) is 24.5 Å². The first kappa shape index (κ1) is 16.0. The zero-order valence-electron chi connectivity index (χ0n) is 14.8. The predicted octanol–water partition coefficient (Wildman–Crippen LogP) is 3.02. The van der Waals surface area contributed by atoms with E-state index in [1.165, 1.54) is 11.1 Å². The van der Waals surface area contributed by atoms with E-state index in [0.717, 1.165) is 37.6 Å². The van der Waals surface area contributed by atoms with Crippen molar-refractivity contribution in [3.63, 3.8) is 0 Å². The highest BCUT2D eigenvalue weighted by Gasteiger charge is 2.25. The van der Waals surface area contributed by atoms with Crippen molar-refractivity contribution in [3.8, 4) is 0 Å². The molecule has 0 bridgehead atoms. The maximum absolute atomic E-state index is 4.61. The quantitative estimate of drug-likeness (QED) is 0.778. The third-order valence-corrected chi connectivity index (χ3v) is 4.77. The molecule has 2 atom stereocenters. The lowest BCUT2D eigenvalue weighted by molar-refractivity contribution is 0.344. The van der Waals surface area contributed by atoms with Gasteiger partial charge in [-0.25, -0.2) is 9.67 Å². The van der Waals surface area contributed by atoms with E-state index in [4.69, 9.17) is 0 Å². The van der Waals surface area contributed by atoms with Gasteiger partial charge in [0, 0.05) is 24.3 Å². The molecule has 2 aromatic heterocycles. The predicted molar refractivity (Wildman–Crippen MR) is 96.1 cm³/mol. The van der Waals surface area contributed by atoms with Crippen LogP contribution in [-0.2, 0) is 13.1 Å². The van der Waals surface area contributed by atoms with Gasteiger partial charge in [-0.2, -0.15) is 10.2 Å². The molecule has 0 amide bonds. The van der Waals surface area contributed by atoms with Gasteiger partial charge in [0.05, 0.1) is 18.8 Å². The van der Waals surface area contributed by atoms with Crippen LogP contribution < -0.4 is 5.32 Å². The maximum Gasteiger partial charge on any atom is 0.147 e. The molecule has 0 saturated heterocycles. The second kappa shape index (κ2) is 6.80. The van der Waals surface area contributed by atoms with Crippen LogP contribution in [0.15, 0.2) is 42.7 Å². The summed E-state index contributed by atoms with van der Waals surface area (Å²) in [6.07, 6.45) is 6.32. The van der Waals surface area contributed by atoms with Crippen LogP contribution in [0.5, 0.6) is 0 Å². The van der Waals surface area contributed by atoms with Crippen LogP contribution in [0.1, 0.15) is 54.6 Å². The van der Waals surface area contributed by atoms with Crippen molar-refractivity contribution in [3.05, 3.63) is 65.5 Å². The summed E-state index contributed by atoms with van der Waals surface area (Å²) < 4.78 is 4.04. The first-order chi connectivity index (χ1) is 12.2. The number of aryl methyl sites for hydroxylation is 2. The van der Waals surface area contributed by atoms with Crippen LogP contribution in [0.3, 0.4) is 0 Å². The SMILES string of the molecule is Cc1nc2n(n1)CCC[C@H]2N[C@H](C)c1cnn(Cc2ccccc2)c1. The molecule has 3 heterocycles. The number of benzene rings is 1. The first-order valence-corrected chi connectivity index (χ1v) is 8.93. The van der Waals surface area contributed by atoms with Crippen molar-refractivity contribution in [1.82, 2.24) is 29.9 Å². The number of fused-ring (bicyclic) bond motifs is 1. The van der Waals surface area contributed by atoms with Crippen molar-refractivity contribution >= 4 is 0 Å². The lowest BCUT2D eigenvalue weighted by Gasteiger charge is -2.26.